The molecule has 0 unspecified atom stereocenters. The van der Waals surface area contributed by atoms with Gasteiger partial charge in [-0.2, -0.15) is 18.4 Å². The number of nitriles is 1. The van der Waals surface area contributed by atoms with Crippen LogP contribution in [-0.4, -0.2) is 48.8 Å². The van der Waals surface area contributed by atoms with Gasteiger partial charge in [0.2, 0.25) is 0 Å². The van der Waals surface area contributed by atoms with E-state index in [0.29, 0.717) is 18.4 Å². The van der Waals surface area contributed by atoms with E-state index in [2.05, 4.69) is 11.4 Å². The van der Waals surface area contributed by atoms with Crippen molar-refractivity contribution in [3.63, 3.8) is 0 Å². The predicted molar refractivity (Wildman–Crippen MR) is 107 cm³/mol. The summed E-state index contributed by atoms with van der Waals surface area (Å²) in [6.45, 7) is 1.61. The Morgan fingerprint density at radius 1 is 1.20 bits per heavy atom. The van der Waals surface area contributed by atoms with Crippen LogP contribution in [0.3, 0.4) is 0 Å². The zero-order chi connectivity index (χ0) is 21.7. The molecule has 2 fully saturated rings. The lowest BCUT2D eigenvalue weighted by Crippen LogP contribution is -2.42. The largest absolute Gasteiger partial charge is 0.462 e. The fourth-order valence-electron chi connectivity index (χ4n) is 4.28. The Morgan fingerprint density at radius 2 is 1.87 bits per heavy atom. The number of piperidine rings is 1. The number of carbonyl (C=O) groups excluding carboxylic acids is 1. The molecule has 1 aromatic rings. The fourth-order valence-corrected chi connectivity index (χ4v) is 4.28. The zero-order valence-electron chi connectivity index (χ0n) is 17.2. The highest BCUT2D eigenvalue weighted by molar-refractivity contribution is 5.72. The Morgan fingerprint density at radius 3 is 2.43 bits per heavy atom. The standard InChI is InChI=1S/C22H28F3N3O2/c1-15-12-16(13-26)2-7-20(15)27-18-3-5-19(6-4-18)30-21(29)17-8-10-28(11-9-17)14-22(23,24)25/h2,7,12,17-19,27H,3-6,8-11,14H2,1H3. The van der Waals surface area contributed by atoms with E-state index in [0.717, 1.165) is 36.9 Å². The first-order valence-corrected chi connectivity index (χ1v) is 10.5. The molecule has 2 aliphatic rings. The lowest BCUT2D eigenvalue weighted by Gasteiger charge is -2.33. The van der Waals surface area contributed by atoms with Crippen molar-refractivity contribution >= 4 is 11.7 Å². The summed E-state index contributed by atoms with van der Waals surface area (Å²) in [5.41, 5.74) is 2.68. The first kappa shape index (κ1) is 22.4. The average Bonchev–Trinajstić information content (AvgIpc) is 2.70. The highest BCUT2D eigenvalue weighted by atomic mass is 19.4. The molecule has 5 nitrogen and oxygen atoms in total. The van der Waals surface area contributed by atoms with Crippen LogP contribution in [0.1, 0.15) is 49.7 Å². The molecule has 1 aromatic carbocycles. The van der Waals surface area contributed by atoms with Crippen molar-refractivity contribution in [2.24, 2.45) is 5.92 Å². The van der Waals surface area contributed by atoms with Crippen molar-refractivity contribution in [2.45, 2.75) is 63.8 Å². The summed E-state index contributed by atoms with van der Waals surface area (Å²) in [6, 6.07) is 8.00. The van der Waals surface area contributed by atoms with Crippen LogP contribution in [0.2, 0.25) is 0 Å². The Balaban J connectivity index is 1.40. The molecule has 8 heteroatoms. The number of ether oxygens (including phenoxy) is 1. The summed E-state index contributed by atoms with van der Waals surface area (Å²) in [5, 5.41) is 12.5. The van der Waals surface area contributed by atoms with Gasteiger partial charge in [-0.15, -0.1) is 0 Å². The maximum absolute atomic E-state index is 12.5. The normalized spacial score (nSPS) is 23.6. The number of hydrogen-bond donors (Lipinski definition) is 1. The molecular formula is C22H28F3N3O2. The third-order valence-corrected chi connectivity index (χ3v) is 6.00. The van der Waals surface area contributed by atoms with E-state index in [1.807, 2.05) is 19.1 Å². The van der Waals surface area contributed by atoms with Gasteiger partial charge >= 0.3 is 12.1 Å². The number of nitrogens with one attached hydrogen (secondary N) is 1. The molecule has 1 aliphatic carbocycles. The summed E-state index contributed by atoms with van der Waals surface area (Å²) in [5.74, 6) is -0.562. The van der Waals surface area contributed by atoms with Crippen LogP contribution in [0.25, 0.3) is 0 Å². The van der Waals surface area contributed by atoms with Gasteiger partial charge in [0.1, 0.15) is 6.10 Å². The number of likely N-dealkylation sites (tertiary alicyclic amines) is 1. The highest BCUT2D eigenvalue weighted by Crippen LogP contribution is 2.28. The highest BCUT2D eigenvalue weighted by Gasteiger charge is 2.35. The fraction of sp³-hybridized carbons (Fsp3) is 0.636. The minimum Gasteiger partial charge on any atom is -0.462 e. The molecule has 0 atom stereocenters. The number of alkyl halides is 3. The number of nitrogens with zero attached hydrogens (tertiary/aromatic N) is 2. The molecule has 0 amide bonds. The van der Waals surface area contributed by atoms with Crippen molar-refractivity contribution in [1.29, 1.82) is 5.26 Å². The van der Waals surface area contributed by atoms with Gasteiger partial charge in [-0.3, -0.25) is 9.69 Å². The number of hydrogen-bond acceptors (Lipinski definition) is 5. The van der Waals surface area contributed by atoms with Gasteiger partial charge in [0.05, 0.1) is 24.1 Å². The van der Waals surface area contributed by atoms with Crippen LogP contribution < -0.4 is 5.32 Å². The van der Waals surface area contributed by atoms with Crippen LogP contribution in [-0.2, 0) is 9.53 Å². The Kier molecular flexibility index (Phi) is 7.24. The van der Waals surface area contributed by atoms with E-state index in [9.17, 15) is 18.0 Å². The molecule has 1 heterocycles. The van der Waals surface area contributed by atoms with E-state index in [-0.39, 0.29) is 37.1 Å². The first-order valence-electron chi connectivity index (χ1n) is 10.5. The van der Waals surface area contributed by atoms with Gasteiger partial charge in [-0.25, -0.2) is 0 Å². The quantitative estimate of drug-likeness (QED) is 0.711. The Labute approximate surface area is 175 Å². The van der Waals surface area contributed by atoms with E-state index in [4.69, 9.17) is 10.00 Å². The molecule has 0 bridgehead atoms. The number of halogens is 3. The van der Waals surface area contributed by atoms with Crippen LogP contribution in [0.4, 0.5) is 18.9 Å². The monoisotopic (exact) mass is 423 g/mol. The number of carbonyl (C=O) groups is 1. The SMILES string of the molecule is Cc1cc(C#N)ccc1NC1CCC(OC(=O)C2CCN(CC(F)(F)F)CC2)CC1. The third-order valence-electron chi connectivity index (χ3n) is 6.00. The van der Waals surface area contributed by atoms with Crippen molar-refractivity contribution < 1.29 is 22.7 Å². The summed E-state index contributed by atoms with van der Waals surface area (Å²) >= 11 is 0. The maximum atomic E-state index is 12.5. The molecule has 0 spiro atoms. The van der Waals surface area contributed by atoms with Crippen LogP contribution in [0.5, 0.6) is 0 Å². The van der Waals surface area contributed by atoms with Crippen molar-refractivity contribution in [3.8, 4) is 6.07 Å². The smallest absolute Gasteiger partial charge is 0.401 e. The summed E-state index contributed by atoms with van der Waals surface area (Å²) in [4.78, 5) is 13.8. The summed E-state index contributed by atoms with van der Waals surface area (Å²) in [7, 11) is 0. The van der Waals surface area contributed by atoms with E-state index >= 15 is 0 Å². The number of benzene rings is 1. The number of aryl methyl sites for hydroxylation is 1. The van der Waals surface area contributed by atoms with Gasteiger partial charge in [0.15, 0.2) is 0 Å². The molecule has 0 radical (unpaired) electrons. The number of anilines is 1. The second kappa shape index (κ2) is 9.69. The van der Waals surface area contributed by atoms with Gasteiger partial charge in [-0.1, -0.05) is 0 Å². The minimum absolute atomic E-state index is 0.120. The second-order valence-electron chi connectivity index (χ2n) is 8.36. The summed E-state index contributed by atoms with van der Waals surface area (Å²) < 4.78 is 43.1. The summed E-state index contributed by atoms with van der Waals surface area (Å²) in [6.07, 6.45) is -0.185. The van der Waals surface area contributed by atoms with Gasteiger partial charge < -0.3 is 10.1 Å². The molecule has 1 aliphatic heterocycles. The molecular weight excluding hydrogens is 395 g/mol. The Hall–Kier alpha value is -2.27. The topological polar surface area (TPSA) is 65.4 Å². The molecule has 3 rings (SSSR count). The predicted octanol–water partition coefficient (Wildman–Crippen LogP) is 4.41. The lowest BCUT2D eigenvalue weighted by atomic mass is 9.92. The second-order valence-corrected chi connectivity index (χ2v) is 8.36. The number of rotatable bonds is 5. The van der Waals surface area contributed by atoms with Crippen molar-refractivity contribution in [3.05, 3.63) is 29.3 Å². The third kappa shape index (κ3) is 6.36. The van der Waals surface area contributed by atoms with Crippen molar-refractivity contribution in [2.75, 3.05) is 25.0 Å². The molecule has 0 aromatic heterocycles. The van der Waals surface area contributed by atoms with Crippen LogP contribution in [0, 0.1) is 24.2 Å². The van der Waals surface area contributed by atoms with Gasteiger partial charge in [0.25, 0.3) is 0 Å². The van der Waals surface area contributed by atoms with Gasteiger partial charge in [-0.05, 0) is 82.3 Å². The van der Waals surface area contributed by atoms with E-state index in [1.54, 1.807) is 6.07 Å². The first-order chi connectivity index (χ1) is 14.2. The number of esters is 1. The van der Waals surface area contributed by atoms with Crippen molar-refractivity contribution in [1.82, 2.24) is 4.90 Å². The average molecular weight is 423 g/mol. The molecule has 1 saturated carbocycles. The van der Waals surface area contributed by atoms with E-state index in [1.165, 1.54) is 4.90 Å². The molecule has 164 valence electrons. The zero-order valence-corrected chi connectivity index (χ0v) is 17.2. The maximum Gasteiger partial charge on any atom is 0.401 e. The van der Waals surface area contributed by atoms with Gasteiger partial charge in [0, 0.05) is 11.7 Å². The Bertz CT molecular complexity index is 775. The molecule has 30 heavy (non-hydrogen) atoms. The van der Waals surface area contributed by atoms with Crippen LogP contribution >= 0.6 is 0 Å². The molecule has 1 saturated heterocycles. The van der Waals surface area contributed by atoms with E-state index < -0.39 is 12.7 Å². The van der Waals surface area contributed by atoms with Crippen LogP contribution in [0.15, 0.2) is 18.2 Å². The lowest BCUT2D eigenvalue weighted by molar-refractivity contribution is -0.160. The molecule has 1 N–H and O–H groups in total. The minimum atomic E-state index is -4.20.